The van der Waals surface area contributed by atoms with Gasteiger partial charge in [-0.1, -0.05) is 41.5 Å². The molecule has 0 saturated heterocycles. The van der Waals surface area contributed by atoms with Gasteiger partial charge in [0.2, 0.25) is 0 Å². The van der Waals surface area contributed by atoms with Crippen LogP contribution in [0.4, 0.5) is 5.69 Å². The molecule has 4 heteroatoms. The molecule has 0 radical (unpaired) electrons. The first kappa shape index (κ1) is 11.0. The Balaban J connectivity index is 2.04. The molecular formula is C13H11N3O. The molecule has 0 amide bonds. The maximum absolute atomic E-state index is 8.35. The highest BCUT2D eigenvalue weighted by Gasteiger charge is 1.96. The summed E-state index contributed by atoms with van der Waals surface area (Å²) in [4.78, 5) is 2.75. The summed E-state index contributed by atoms with van der Waals surface area (Å²) >= 11 is 0. The second-order valence-electron chi connectivity index (χ2n) is 3.46. The highest BCUT2D eigenvalue weighted by atomic mass is 16.5. The maximum Gasteiger partial charge on any atom is 0.119 e. The molecule has 0 N–H and O–H groups in total. The van der Waals surface area contributed by atoms with Crippen LogP contribution in [0, 0.1) is 0 Å². The summed E-state index contributed by atoms with van der Waals surface area (Å²) in [7, 11) is 0. The molecule has 2 aromatic carbocycles. The van der Waals surface area contributed by atoms with Crippen molar-refractivity contribution in [1.29, 1.82) is 0 Å². The monoisotopic (exact) mass is 225 g/mol. The van der Waals surface area contributed by atoms with E-state index in [4.69, 9.17) is 10.3 Å². The molecule has 0 saturated carbocycles. The fourth-order valence-electron chi connectivity index (χ4n) is 1.44. The summed E-state index contributed by atoms with van der Waals surface area (Å²) < 4.78 is 5.59. The van der Waals surface area contributed by atoms with Crippen LogP contribution in [0.3, 0.4) is 0 Å². The van der Waals surface area contributed by atoms with Gasteiger partial charge in [-0.3, -0.25) is 0 Å². The number of nitrogens with zero attached hydrogens (tertiary/aromatic N) is 3. The number of benzene rings is 2. The van der Waals surface area contributed by atoms with E-state index in [0.29, 0.717) is 12.3 Å². The first-order chi connectivity index (χ1) is 8.38. The molecule has 4 nitrogen and oxygen atoms in total. The smallest absolute Gasteiger partial charge is 0.119 e. The molecule has 0 heterocycles. The Kier molecular flexibility index (Phi) is 3.63. The summed E-state index contributed by atoms with van der Waals surface area (Å²) in [5.74, 6) is 0.821. The zero-order valence-corrected chi connectivity index (χ0v) is 9.15. The lowest BCUT2D eigenvalue weighted by Crippen LogP contribution is -1.94. The Labute approximate surface area is 99.1 Å². The normalized spacial score (nSPS) is 9.41. The molecule has 0 fully saturated rings. The maximum atomic E-state index is 8.35. The van der Waals surface area contributed by atoms with Crippen LogP contribution < -0.4 is 4.74 Å². The van der Waals surface area contributed by atoms with E-state index in [2.05, 4.69) is 10.0 Å². The zero-order chi connectivity index (χ0) is 11.9. The summed E-state index contributed by atoms with van der Waals surface area (Å²) in [6.45, 7) is 0.457. The van der Waals surface area contributed by atoms with Crippen molar-refractivity contribution in [3.63, 3.8) is 0 Å². The highest BCUT2D eigenvalue weighted by molar-refractivity contribution is 5.39. The second kappa shape index (κ2) is 5.58. The first-order valence-electron chi connectivity index (χ1n) is 5.20. The molecule has 84 valence electrons. The predicted molar refractivity (Wildman–Crippen MR) is 66.0 cm³/mol. The van der Waals surface area contributed by atoms with Gasteiger partial charge in [-0.15, -0.1) is 0 Å². The van der Waals surface area contributed by atoms with Crippen LogP contribution >= 0.6 is 0 Å². The summed E-state index contributed by atoms with van der Waals surface area (Å²) in [5, 5.41) is 3.55. The third-order valence-corrected chi connectivity index (χ3v) is 2.22. The number of hydrogen-bond donors (Lipinski definition) is 0. The van der Waals surface area contributed by atoms with Gasteiger partial charge in [-0.05, 0) is 29.3 Å². The molecule has 0 unspecified atom stereocenters. The Morgan fingerprint density at radius 2 is 1.88 bits per heavy atom. The fourth-order valence-corrected chi connectivity index (χ4v) is 1.44. The highest BCUT2D eigenvalue weighted by Crippen LogP contribution is 2.16. The van der Waals surface area contributed by atoms with Crippen molar-refractivity contribution < 1.29 is 4.74 Å². The second-order valence-corrected chi connectivity index (χ2v) is 3.46. The molecular weight excluding hydrogens is 214 g/mol. The Bertz CT molecular complexity index is 533. The van der Waals surface area contributed by atoms with E-state index in [9.17, 15) is 0 Å². The van der Waals surface area contributed by atoms with Crippen LogP contribution in [0.1, 0.15) is 5.56 Å². The van der Waals surface area contributed by atoms with E-state index < -0.39 is 0 Å². The minimum absolute atomic E-state index is 0.457. The molecule has 17 heavy (non-hydrogen) atoms. The van der Waals surface area contributed by atoms with E-state index >= 15 is 0 Å². The third-order valence-electron chi connectivity index (χ3n) is 2.22. The summed E-state index contributed by atoms with van der Waals surface area (Å²) in [6.07, 6.45) is 0. The largest absolute Gasteiger partial charge is 0.489 e. The molecule has 0 bridgehead atoms. The van der Waals surface area contributed by atoms with Gasteiger partial charge in [0.05, 0.1) is 0 Å². The van der Waals surface area contributed by atoms with Gasteiger partial charge >= 0.3 is 0 Å². The minimum atomic E-state index is 0.457. The first-order valence-corrected chi connectivity index (χ1v) is 5.20. The Hall–Kier alpha value is -2.45. The van der Waals surface area contributed by atoms with E-state index in [-0.39, 0.29) is 0 Å². The molecule has 0 aromatic heterocycles. The van der Waals surface area contributed by atoms with Crippen molar-refractivity contribution in [3.8, 4) is 5.75 Å². The van der Waals surface area contributed by atoms with Gasteiger partial charge in [0.15, 0.2) is 0 Å². The van der Waals surface area contributed by atoms with E-state index in [1.165, 1.54) is 0 Å². The van der Waals surface area contributed by atoms with Gasteiger partial charge < -0.3 is 4.74 Å². The van der Waals surface area contributed by atoms with Gasteiger partial charge in [-0.2, -0.15) is 0 Å². The Morgan fingerprint density at radius 1 is 1.06 bits per heavy atom. The number of ether oxygens (including phenoxy) is 1. The predicted octanol–water partition coefficient (Wildman–Crippen LogP) is 4.21. The van der Waals surface area contributed by atoms with E-state index in [1.807, 2.05) is 48.5 Å². The van der Waals surface area contributed by atoms with Crippen LogP contribution in [0.2, 0.25) is 0 Å². The van der Waals surface area contributed by atoms with Crippen molar-refractivity contribution in [2.24, 2.45) is 5.11 Å². The summed E-state index contributed by atoms with van der Waals surface area (Å²) in [6, 6.07) is 16.9. The third kappa shape index (κ3) is 3.26. The quantitative estimate of drug-likeness (QED) is 0.437. The van der Waals surface area contributed by atoms with Crippen LogP contribution in [-0.4, -0.2) is 0 Å². The van der Waals surface area contributed by atoms with Crippen LogP contribution in [0.15, 0.2) is 59.7 Å². The molecule has 0 atom stereocenters. The zero-order valence-electron chi connectivity index (χ0n) is 9.15. The van der Waals surface area contributed by atoms with Crippen LogP contribution in [-0.2, 0) is 6.61 Å². The van der Waals surface area contributed by atoms with Crippen molar-refractivity contribution in [2.45, 2.75) is 6.61 Å². The van der Waals surface area contributed by atoms with Crippen molar-refractivity contribution in [1.82, 2.24) is 0 Å². The minimum Gasteiger partial charge on any atom is -0.489 e. The topological polar surface area (TPSA) is 58.0 Å². The van der Waals surface area contributed by atoms with E-state index in [0.717, 1.165) is 11.3 Å². The molecule has 0 aliphatic rings. The average molecular weight is 225 g/mol. The molecule has 0 aliphatic heterocycles. The number of para-hydroxylation sites is 1. The van der Waals surface area contributed by atoms with Gasteiger partial charge in [0, 0.05) is 10.6 Å². The van der Waals surface area contributed by atoms with E-state index in [1.54, 1.807) is 6.07 Å². The van der Waals surface area contributed by atoms with Crippen molar-refractivity contribution >= 4 is 5.69 Å². The molecule has 0 aliphatic carbocycles. The lowest BCUT2D eigenvalue weighted by atomic mass is 10.2. The average Bonchev–Trinajstić information content (AvgIpc) is 2.39. The van der Waals surface area contributed by atoms with Gasteiger partial charge in [0.1, 0.15) is 12.4 Å². The van der Waals surface area contributed by atoms with Crippen molar-refractivity contribution in [3.05, 3.63) is 70.6 Å². The lowest BCUT2D eigenvalue weighted by molar-refractivity contribution is 0.306. The molecule has 2 aromatic rings. The summed E-state index contributed by atoms with van der Waals surface area (Å²) in [5.41, 5.74) is 9.92. The number of hydrogen-bond acceptors (Lipinski definition) is 2. The lowest BCUT2D eigenvalue weighted by Gasteiger charge is -2.06. The number of rotatable bonds is 4. The SMILES string of the molecule is [N-]=[N+]=Nc1cccc(COc2ccccc2)c1. The fraction of sp³-hybridized carbons (Fsp3) is 0.0769. The van der Waals surface area contributed by atoms with Crippen molar-refractivity contribution in [2.75, 3.05) is 0 Å². The molecule has 0 spiro atoms. The van der Waals surface area contributed by atoms with Gasteiger partial charge in [0.25, 0.3) is 0 Å². The Morgan fingerprint density at radius 3 is 2.65 bits per heavy atom. The van der Waals surface area contributed by atoms with Crippen LogP contribution in [0.5, 0.6) is 5.75 Å². The standard InChI is InChI=1S/C13H11N3O/c14-16-15-12-6-4-5-11(9-12)10-17-13-7-2-1-3-8-13/h1-9H,10H2. The van der Waals surface area contributed by atoms with Gasteiger partial charge in [-0.25, -0.2) is 0 Å². The molecule has 2 rings (SSSR count). The number of azide groups is 1. The van der Waals surface area contributed by atoms with Crippen LogP contribution in [0.25, 0.3) is 10.4 Å².